The number of benzene rings is 2. The molecule has 1 amide bonds. The Labute approximate surface area is 169 Å². The lowest BCUT2D eigenvalue weighted by atomic mass is 10.1. The molecule has 29 heavy (non-hydrogen) atoms. The molecule has 0 aliphatic heterocycles. The third kappa shape index (κ3) is 4.30. The zero-order valence-corrected chi connectivity index (χ0v) is 17.2. The van der Waals surface area contributed by atoms with Crippen molar-refractivity contribution >= 4 is 21.6 Å². The van der Waals surface area contributed by atoms with Crippen molar-refractivity contribution < 1.29 is 17.9 Å². The number of amides is 1. The quantitative estimate of drug-likeness (QED) is 0.642. The maximum Gasteiger partial charge on any atom is 0.257 e. The van der Waals surface area contributed by atoms with Crippen LogP contribution in [0.3, 0.4) is 0 Å². The van der Waals surface area contributed by atoms with Gasteiger partial charge in [0.15, 0.2) is 0 Å². The maximum atomic E-state index is 12.9. The second-order valence-electron chi connectivity index (χ2n) is 6.30. The van der Waals surface area contributed by atoms with Crippen molar-refractivity contribution in [2.24, 2.45) is 0 Å². The Balaban J connectivity index is 1.97. The Morgan fingerprint density at radius 3 is 2.59 bits per heavy atom. The lowest BCUT2D eigenvalue weighted by Crippen LogP contribution is -2.23. The summed E-state index contributed by atoms with van der Waals surface area (Å²) in [6, 6.07) is 13.3. The molecule has 2 aromatic carbocycles. The average Bonchev–Trinajstić information content (AvgIpc) is 3.23. The number of para-hydroxylation sites is 1. The van der Waals surface area contributed by atoms with Crippen molar-refractivity contribution in [2.75, 3.05) is 26.0 Å². The Morgan fingerprint density at radius 2 is 1.93 bits per heavy atom. The number of ether oxygens (including phenoxy) is 1. The first-order chi connectivity index (χ1) is 13.8. The molecule has 3 rings (SSSR count). The van der Waals surface area contributed by atoms with Crippen LogP contribution in [0.25, 0.3) is 5.69 Å². The highest BCUT2D eigenvalue weighted by atomic mass is 32.2. The molecule has 0 aliphatic rings. The van der Waals surface area contributed by atoms with Crippen molar-refractivity contribution in [2.45, 2.75) is 11.8 Å². The monoisotopic (exact) mass is 414 g/mol. The van der Waals surface area contributed by atoms with Crippen LogP contribution in [-0.4, -0.2) is 49.1 Å². The van der Waals surface area contributed by atoms with Gasteiger partial charge in [-0.3, -0.25) is 4.79 Å². The van der Waals surface area contributed by atoms with Crippen molar-refractivity contribution in [1.82, 2.24) is 14.1 Å². The highest BCUT2D eigenvalue weighted by molar-refractivity contribution is 7.89. The zero-order chi connectivity index (χ0) is 21.0. The van der Waals surface area contributed by atoms with E-state index in [1.54, 1.807) is 54.3 Å². The molecule has 1 N–H and O–H groups in total. The molecule has 152 valence electrons. The molecule has 9 heteroatoms. The van der Waals surface area contributed by atoms with E-state index in [2.05, 4.69) is 10.4 Å². The van der Waals surface area contributed by atoms with Gasteiger partial charge in [0.25, 0.3) is 5.91 Å². The van der Waals surface area contributed by atoms with Gasteiger partial charge in [-0.25, -0.2) is 17.4 Å². The first-order valence-electron chi connectivity index (χ1n) is 8.94. The van der Waals surface area contributed by atoms with Crippen LogP contribution in [-0.2, 0) is 10.0 Å². The summed E-state index contributed by atoms with van der Waals surface area (Å²) >= 11 is 0. The highest BCUT2D eigenvalue weighted by Crippen LogP contribution is 2.29. The second-order valence-corrected chi connectivity index (χ2v) is 8.42. The number of hydrogen-bond donors (Lipinski definition) is 1. The van der Waals surface area contributed by atoms with Gasteiger partial charge in [0.2, 0.25) is 10.0 Å². The lowest BCUT2D eigenvalue weighted by Gasteiger charge is -2.17. The summed E-state index contributed by atoms with van der Waals surface area (Å²) in [6.45, 7) is 2.09. The number of nitrogens with zero attached hydrogens (tertiary/aromatic N) is 3. The van der Waals surface area contributed by atoms with Gasteiger partial charge in [-0.1, -0.05) is 12.1 Å². The molecular weight excluding hydrogens is 392 g/mol. The zero-order valence-electron chi connectivity index (χ0n) is 16.4. The van der Waals surface area contributed by atoms with E-state index >= 15 is 0 Å². The topological polar surface area (TPSA) is 93.5 Å². The Kier molecular flexibility index (Phi) is 6.00. The number of carbonyl (C=O) groups excluding carboxylic acids is 1. The van der Waals surface area contributed by atoms with E-state index in [1.165, 1.54) is 26.2 Å². The fourth-order valence-electron chi connectivity index (χ4n) is 2.73. The van der Waals surface area contributed by atoms with Crippen molar-refractivity contribution in [3.63, 3.8) is 0 Å². The van der Waals surface area contributed by atoms with Gasteiger partial charge < -0.3 is 10.1 Å². The molecule has 0 unspecified atom stereocenters. The predicted octanol–water partition coefficient (Wildman–Crippen LogP) is 2.77. The van der Waals surface area contributed by atoms with Crippen molar-refractivity contribution in [3.05, 3.63) is 66.5 Å². The van der Waals surface area contributed by atoms with E-state index in [9.17, 15) is 13.2 Å². The smallest absolute Gasteiger partial charge is 0.257 e. The molecular formula is C20H22N4O4S. The van der Waals surface area contributed by atoms with E-state index in [1.807, 2.05) is 6.07 Å². The minimum absolute atomic E-state index is 0.0116. The Hall–Kier alpha value is -3.17. The third-order valence-electron chi connectivity index (χ3n) is 4.16. The van der Waals surface area contributed by atoms with Crippen LogP contribution in [0.2, 0.25) is 0 Å². The summed E-state index contributed by atoms with van der Waals surface area (Å²) in [5.41, 5.74) is 1.36. The number of carbonyl (C=O) groups is 1. The fraction of sp³-hybridized carbons (Fsp3) is 0.200. The SMILES string of the molecule is CCOc1ccc(NC(=O)c2ccccc2-n2cccn2)cc1S(=O)(=O)N(C)C. The standard InChI is InChI=1S/C20H22N4O4S/c1-4-28-18-11-10-15(14-19(18)29(26,27)23(2)3)22-20(25)16-8-5-6-9-17(16)24-13-7-12-21-24/h5-14H,4H2,1-3H3,(H,22,25). The molecule has 0 radical (unpaired) electrons. The molecule has 0 spiro atoms. The van der Waals surface area contributed by atoms with E-state index in [0.717, 1.165) is 4.31 Å². The molecule has 3 aromatic rings. The number of nitrogens with one attached hydrogen (secondary N) is 1. The van der Waals surface area contributed by atoms with Gasteiger partial charge in [0, 0.05) is 32.2 Å². The summed E-state index contributed by atoms with van der Waals surface area (Å²) in [5, 5.41) is 6.93. The molecule has 0 aliphatic carbocycles. The van der Waals surface area contributed by atoms with Gasteiger partial charge in [0.05, 0.1) is 17.9 Å². The lowest BCUT2D eigenvalue weighted by molar-refractivity contribution is 0.102. The second kappa shape index (κ2) is 8.46. The van der Waals surface area contributed by atoms with E-state index in [4.69, 9.17) is 4.74 Å². The number of hydrogen-bond acceptors (Lipinski definition) is 5. The first kappa shape index (κ1) is 20.6. The number of sulfonamides is 1. The third-order valence-corrected chi connectivity index (χ3v) is 6.00. The molecule has 0 fully saturated rings. The maximum absolute atomic E-state index is 12.9. The molecule has 1 aromatic heterocycles. The van der Waals surface area contributed by atoms with Crippen LogP contribution in [0.1, 0.15) is 17.3 Å². The molecule has 0 atom stereocenters. The number of anilines is 1. The summed E-state index contributed by atoms with van der Waals surface area (Å²) in [4.78, 5) is 12.9. The van der Waals surface area contributed by atoms with Crippen LogP contribution < -0.4 is 10.1 Å². The van der Waals surface area contributed by atoms with E-state index in [-0.39, 0.29) is 16.6 Å². The van der Waals surface area contributed by atoms with Gasteiger partial charge in [0.1, 0.15) is 10.6 Å². The van der Waals surface area contributed by atoms with Gasteiger partial charge in [-0.15, -0.1) is 0 Å². The van der Waals surface area contributed by atoms with Crippen LogP contribution in [0, 0.1) is 0 Å². The van der Waals surface area contributed by atoms with Crippen molar-refractivity contribution in [3.8, 4) is 11.4 Å². The highest BCUT2D eigenvalue weighted by Gasteiger charge is 2.23. The molecule has 0 saturated carbocycles. The largest absolute Gasteiger partial charge is 0.492 e. The van der Waals surface area contributed by atoms with Gasteiger partial charge in [-0.05, 0) is 43.3 Å². The van der Waals surface area contributed by atoms with Crippen LogP contribution in [0.15, 0.2) is 65.8 Å². The number of aromatic nitrogens is 2. The molecule has 1 heterocycles. The van der Waals surface area contributed by atoms with E-state index < -0.39 is 10.0 Å². The Bertz CT molecular complexity index is 1110. The minimum Gasteiger partial charge on any atom is -0.492 e. The summed E-state index contributed by atoms with van der Waals surface area (Å²) < 4.78 is 33.5. The summed E-state index contributed by atoms with van der Waals surface area (Å²) in [5.74, 6) is -0.149. The van der Waals surface area contributed by atoms with E-state index in [0.29, 0.717) is 23.5 Å². The summed E-state index contributed by atoms with van der Waals surface area (Å²) in [7, 11) is -0.871. The molecule has 0 bridgehead atoms. The predicted molar refractivity (Wildman–Crippen MR) is 110 cm³/mol. The van der Waals surface area contributed by atoms with Gasteiger partial charge in [-0.2, -0.15) is 5.10 Å². The van der Waals surface area contributed by atoms with Crippen LogP contribution in [0.5, 0.6) is 5.75 Å². The molecule has 8 nitrogen and oxygen atoms in total. The minimum atomic E-state index is -3.75. The fourth-order valence-corrected chi connectivity index (χ4v) is 3.78. The van der Waals surface area contributed by atoms with Gasteiger partial charge >= 0.3 is 0 Å². The summed E-state index contributed by atoms with van der Waals surface area (Å²) in [6.07, 6.45) is 3.37. The normalized spacial score (nSPS) is 11.4. The Morgan fingerprint density at radius 1 is 1.17 bits per heavy atom. The first-order valence-corrected chi connectivity index (χ1v) is 10.4. The average molecular weight is 414 g/mol. The van der Waals surface area contributed by atoms with Crippen LogP contribution in [0.4, 0.5) is 5.69 Å². The number of rotatable bonds is 7. The van der Waals surface area contributed by atoms with Crippen LogP contribution >= 0.6 is 0 Å². The van der Waals surface area contributed by atoms with Crippen molar-refractivity contribution in [1.29, 1.82) is 0 Å². The molecule has 0 saturated heterocycles.